The highest BCUT2D eigenvalue weighted by Crippen LogP contribution is 2.34. The molecule has 0 aromatic heterocycles. The molecule has 0 atom stereocenters. The van der Waals surface area contributed by atoms with Gasteiger partial charge in [-0.1, -0.05) is 45.0 Å². The second-order valence-electron chi connectivity index (χ2n) is 6.03. The molecule has 0 aliphatic rings. The Morgan fingerprint density at radius 3 is 2.06 bits per heavy atom. The largest absolute Gasteiger partial charge is 0.486 e. The third kappa shape index (κ3) is 2.47. The Morgan fingerprint density at radius 1 is 1.06 bits per heavy atom. The molecular formula is C16H20O2. The van der Waals surface area contributed by atoms with Crippen molar-refractivity contribution in [2.75, 3.05) is 0 Å². The molecule has 2 aromatic rings. The van der Waals surface area contributed by atoms with E-state index in [1.165, 1.54) is 5.56 Å². The molecule has 0 bridgehead atoms. The first kappa shape index (κ1) is 12.9. The van der Waals surface area contributed by atoms with Crippen molar-refractivity contribution in [3.05, 3.63) is 40.1 Å². The van der Waals surface area contributed by atoms with Crippen LogP contribution in [0, 0.1) is 0 Å². The number of benzene rings is 1. The van der Waals surface area contributed by atoms with Gasteiger partial charge in [0.25, 0.3) is 0 Å². The van der Waals surface area contributed by atoms with E-state index in [0.717, 1.165) is 11.1 Å². The summed E-state index contributed by atoms with van der Waals surface area (Å²) in [5.74, 6) is 0.536. The minimum Gasteiger partial charge on any atom is -0.486 e. The lowest BCUT2D eigenvalue weighted by atomic mass is 9.86. The van der Waals surface area contributed by atoms with Crippen molar-refractivity contribution in [1.82, 2.24) is 0 Å². The van der Waals surface area contributed by atoms with Gasteiger partial charge in [-0.05, 0) is 30.4 Å². The van der Waals surface area contributed by atoms with Crippen molar-refractivity contribution in [1.29, 1.82) is 0 Å². The molecule has 0 aliphatic heterocycles. The maximum Gasteiger partial charge on any atom is 0.232 e. The summed E-state index contributed by atoms with van der Waals surface area (Å²) in [6.07, 6.45) is 0.0512. The molecular weight excluding hydrogens is 224 g/mol. The highest BCUT2D eigenvalue weighted by Gasteiger charge is 2.27. The molecule has 0 unspecified atom stereocenters. The Bertz CT molecular complexity index is 547. The van der Waals surface area contributed by atoms with Gasteiger partial charge in [0.2, 0.25) is 5.43 Å². The van der Waals surface area contributed by atoms with E-state index < -0.39 is 0 Å². The van der Waals surface area contributed by atoms with Gasteiger partial charge in [0.1, 0.15) is 0 Å². The standard InChI is InChI=1S/C16H20O2/c1-10(2)18-15-13(14(15)17)11-6-8-12(9-7-11)16(3,4)5/h6-10H,1-5H3. The molecule has 0 N–H and O–H groups in total. The van der Waals surface area contributed by atoms with Crippen molar-refractivity contribution < 1.29 is 4.74 Å². The number of rotatable bonds is 3. The van der Waals surface area contributed by atoms with E-state index in [2.05, 4.69) is 32.9 Å². The van der Waals surface area contributed by atoms with Gasteiger partial charge in [0.15, 0.2) is 5.75 Å². The van der Waals surface area contributed by atoms with E-state index in [4.69, 9.17) is 4.74 Å². The third-order valence-electron chi connectivity index (χ3n) is 2.99. The van der Waals surface area contributed by atoms with E-state index in [9.17, 15) is 4.79 Å². The first-order chi connectivity index (χ1) is 8.30. The summed E-state index contributed by atoms with van der Waals surface area (Å²) in [5, 5.41) is 0. The zero-order valence-electron chi connectivity index (χ0n) is 11.7. The van der Waals surface area contributed by atoms with Gasteiger partial charge in [-0.3, -0.25) is 4.79 Å². The van der Waals surface area contributed by atoms with Crippen LogP contribution in [0.5, 0.6) is 5.75 Å². The fourth-order valence-electron chi connectivity index (χ4n) is 1.90. The summed E-state index contributed by atoms with van der Waals surface area (Å²) in [4.78, 5) is 11.6. The molecule has 0 saturated heterocycles. The summed E-state index contributed by atoms with van der Waals surface area (Å²) in [5.41, 5.74) is 3.16. The zero-order chi connectivity index (χ0) is 13.5. The summed E-state index contributed by atoms with van der Waals surface area (Å²) in [6, 6.07) is 8.18. The van der Waals surface area contributed by atoms with E-state index in [1.807, 2.05) is 26.0 Å². The van der Waals surface area contributed by atoms with Crippen molar-refractivity contribution in [3.63, 3.8) is 0 Å². The van der Waals surface area contributed by atoms with E-state index in [-0.39, 0.29) is 16.9 Å². The van der Waals surface area contributed by atoms with Crippen LogP contribution in [0.25, 0.3) is 11.1 Å². The van der Waals surface area contributed by atoms with Crippen LogP contribution in [-0.4, -0.2) is 6.10 Å². The molecule has 0 radical (unpaired) electrons. The molecule has 96 valence electrons. The van der Waals surface area contributed by atoms with Crippen LogP contribution in [0.1, 0.15) is 40.2 Å². The first-order valence-electron chi connectivity index (χ1n) is 6.37. The Labute approximate surface area is 108 Å². The fraction of sp³-hybridized carbons (Fsp3) is 0.438. The average molecular weight is 244 g/mol. The maximum absolute atomic E-state index is 11.6. The lowest BCUT2D eigenvalue weighted by Gasteiger charge is -2.18. The Morgan fingerprint density at radius 2 is 1.61 bits per heavy atom. The van der Waals surface area contributed by atoms with E-state index >= 15 is 0 Å². The molecule has 0 fully saturated rings. The molecule has 2 rings (SSSR count). The van der Waals surface area contributed by atoms with Gasteiger partial charge in [0, 0.05) is 0 Å². The number of ether oxygens (including phenoxy) is 1. The highest BCUT2D eigenvalue weighted by atomic mass is 16.5. The normalized spacial score (nSPS) is 12.3. The minimum absolute atomic E-state index is 0.0483. The summed E-state index contributed by atoms with van der Waals surface area (Å²) < 4.78 is 5.47. The predicted octanol–water partition coefficient (Wildman–Crippen LogP) is 3.67. The van der Waals surface area contributed by atoms with E-state index in [1.54, 1.807) is 0 Å². The van der Waals surface area contributed by atoms with Gasteiger partial charge < -0.3 is 4.74 Å². The Hall–Kier alpha value is -1.57. The van der Waals surface area contributed by atoms with Crippen LogP contribution >= 0.6 is 0 Å². The zero-order valence-corrected chi connectivity index (χ0v) is 11.7. The minimum atomic E-state index is 0.0483. The maximum atomic E-state index is 11.6. The van der Waals surface area contributed by atoms with Gasteiger partial charge in [-0.25, -0.2) is 0 Å². The molecule has 0 amide bonds. The van der Waals surface area contributed by atoms with Crippen molar-refractivity contribution in [2.45, 2.75) is 46.1 Å². The van der Waals surface area contributed by atoms with Crippen LogP contribution in [0.2, 0.25) is 0 Å². The highest BCUT2D eigenvalue weighted by molar-refractivity contribution is 5.80. The monoisotopic (exact) mass is 244 g/mol. The number of hydrogen-bond donors (Lipinski definition) is 0. The topological polar surface area (TPSA) is 26.3 Å². The number of hydrogen-bond acceptors (Lipinski definition) is 2. The molecule has 2 nitrogen and oxygen atoms in total. The van der Waals surface area contributed by atoms with Gasteiger partial charge in [0.05, 0.1) is 11.7 Å². The van der Waals surface area contributed by atoms with Crippen molar-refractivity contribution in [2.24, 2.45) is 0 Å². The Balaban J connectivity index is 2.22. The van der Waals surface area contributed by atoms with Crippen LogP contribution in [0.15, 0.2) is 29.1 Å². The summed E-state index contributed by atoms with van der Waals surface area (Å²) >= 11 is 0. The molecule has 2 aromatic carbocycles. The molecule has 0 saturated carbocycles. The average Bonchev–Trinajstić information content (AvgIpc) is 2.87. The van der Waals surface area contributed by atoms with Crippen LogP contribution in [0.4, 0.5) is 0 Å². The first-order valence-corrected chi connectivity index (χ1v) is 6.37. The molecule has 2 heteroatoms. The fourth-order valence-corrected chi connectivity index (χ4v) is 1.90. The van der Waals surface area contributed by atoms with Crippen LogP contribution in [0.3, 0.4) is 0 Å². The predicted molar refractivity (Wildman–Crippen MR) is 75.0 cm³/mol. The quantitative estimate of drug-likeness (QED) is 0.823. The van der Waals surface area contributed by atoms with Gasteiger partial charge >= 0.3 is 0 Å². The second kappa shape index (κ2) is 4.27. The van der Waals surface area contributed by atoms with Gasteiger partial charge in [-0.15, -0.1) is 0 Å². The van der Waals surface area contributed by atoms with E-state index in [0.29, 0.717) is 5.75 Å². The van der Waals surface area contributed by atoms with Crippen LogP contribution < -0.4 is 10.2 Å². The summed E-state index contributed by atoms with van der Waals surface area (Å²) in [6.45, 7) is 10.4. The Kier molecular flexibility index (Phi) is 3.05. The third-order valence-corrected chi connectivity index (χ3v) is 2.99. The molecule has 0 heterocycles. The van der Waals surface area contributed by atoms with Gasteiger partial charge in [-0.2, -0.15) is 0 Å². The second-order valence-corrected chi connectivity index (χ2v) is 6.03. The van der Waals surface area contributed by atoms with Crippen LogP contribution in [-0.2, 0) is 5.41 Å². The molecule has 18 heavy (non-hydrogen) atoms. The van der Waals surface area contributed by atoms with Crippen molar-refractivity contribution >= 4 is 0 Å². The molecule has 0 aliphatic carbocycles. The summed E-state index contributed by atoms with van der Waals surface area (Å²) in [7, 11) is 0. The van der Waals surface area contributed by atoms with Crippen molar-refractivity contribution in [3.8, 4) is 16.9 Å². The lowest BCUT2D eigenvalue weighted by molar-refractivity contribution is 0.249. The molecule has 0 spiro atoms. The lowest BCUT2D eigenvalue weighted by Crippen LogP contribution is -2.10. The smallest absolute Gasteiger partial charge is 0.232 e. The SMILES string of the molecule is CC(C)Oc1c(-c2ccc(C(C)(C)C)cc2)c1=O.